The highest BCUT2D eigenvalue weighted by Gasteiger charge is 2.32. The number of unbranched alkanes of at least 4 members (excludes halogenated alkanes) is 1. The molecule has 2 amide bonds. The standard InChI is InChI=1S/C21H31FN2O6/c1-4-5-11-29-18(26)12-16(17(25)13-22)24-20(27)19(14(2)3)30-21(28)23-15-9-7-6-8-10-15/h6-10,14,16-17,19,25H,4-5,11-13H2,1-3H3,(H,23,28)(H,24,27). The first-order valence-electron chi connectivity index (χ1n) is 10.0. The summed E-state index contributed by atoms with van der Waals surface area (Å²) in [6, 6.07) is 7.34. The Morgan fingerprint density at radius 1 is 1.17 bits per heavy atom. The minimum atomic E-state index is -1.60. The van der Waals surface area contributed by atoms with Crippen molar-refractivity contribution < 1.29 is 33.4 Å². The third kappa shape index (κ3) is 9.21. The van der Waals surface area contributed by atoms with Crippen LogP contribution in [0.1, 0.15) is 40.0 Å². The van der Waals surface area contributed by atoms with Gasteiger partial charge in [0.1, 0.15) is 12.8 Å². The van der Waals surface area contributed by atoms with Crippen LogP contribution in [0.25, 0.3) is 0 Å². The van der Waals surface area contributed by atoms with E-state index in [0.717, 1.165) is 6.42 Å². The number of nitrogens with one attached hydrogen (secondary N) is 2. The SMILES string of the molecule is CCCCOC(=O)CC(NC(=O)C(OC(=O)Nc1ccccc1)C(C)C)C(O)CF. The van der Waals surface area contributed by atoms with Gasteiger partial charge in [0.05, 0.1) is 19.1 Å². The van der Waals surface area contributed by atoms with Crippen molar-refractivity contribution in [3.8, 4) is 0 Å². The molecular formula is C21H31FN2O6. The number of amides is 2. The van der Waals surface area contributed by atoms with E-state index >= 15 is 0 Å². The van der Waals surface area contributed by atoms with Gasteiger partial charge < -0.3 is 19.9 Å². The topological polar surface area (TPSA) is 114 Å². The van der Waals surface area contributed by atoms with Gasteiger partial charge in [-0.15, -0.1) is 0 Å². The third-order valence-electron chi connectivity index (χ3n) is 4.22. The fourth-order valence-corrected chi connectivity index (χ4v) is 2.50. The number of para-hydroxylation sites is 1. The molecule has 0 radical (unpaired) electrons. The molecule has 3 N–H and O–H groups in total. The average molecular weight is 426 g/mol. The fourth-order valence-electron chi connectivity index (χ4n) is 2.50. The summed E-state index contributed by atoms with van der Waals surface area (Å²) < 4.78 is 23.2. The van der Waals surface area contributed by atoms with E-state index in [1.165, 1.54) is 0 Å². The maximum Gasteiger partial charge on any atom is 0.412 e. The predicted octanol–water partition coefficient (Wildman–Crippen LogP) is 2.81. The first-order chi connectivity index (χ1) is 14.3. The van der Waals surface area contributed by atoms with Gasteiger partial charge in [0.15, 0.2) is 6.10 Å². The van der Waals surface area contributed by atoms with Crippen LogP contribution in [0.5, 0.6) is 0 Å². The molecule has 1 rings (SSSR count). The summed E-state index contributed by atoms with van der Waals surface area (Å²) in [5.74, 6) is -1.82. The zero-order valence-electron chi connectivity index (χ0n) is 17.6. The van der Waals surface area contributed by atoms with Crippen molar-refractivity contribution in [2.75, 3.05) is 18.6 Å². The van der Waals surface area contributed by atoms with Crippen LogP contribution >= 0.6 is 0 Å². The minimum absolute atomic E-state index is 0.207. The Kier molecular flexibility index (Phi) is 11.4. The molecule has 0 aliphatic carbocycles. The summed E-state index contributed by atoms with van der Waals surface area (Å²) in [7, 11) is 0. The highest BCUT2D eigenvalue weighted by molar-refractivity contribution is 5.89. The largest absolute Gasteiger partial charge is 0.466 e. The van der Waals surface area contributed by atoms with E-state index in [2.05, 4.69) is 10.6 Å². The highest BCUT2D eigenvalue weighted by atomic mass is 19.1. The maximum atomic E-state index is 13.0. The van der Waals surface area contributed by atoms with Crippen LogP contribution in [0.3, 0.4) is 0 Å². The summed E-state index contributed by atoms with van der Waals surface area (Å²) in [6.45, 7) is 4.32. The van der Waals surface area contributed by atoms with Crippen molar-refractivity contribution in [3.63, 3.8) is 0 Å². The van der Waals surface area contributed by atoms with E-state index in [1.54, 1.807) is 44.2 Å². The molecular weight excluding hydrogens is 395 g/mol. The highest BCUT2D eigenvalue weighted by Crippen LogP contribution is 2.12. The van der Waals surface area contributed by atoms with Gasteiger partial charge in [-0.25, -0.2) is 9.18 Å². The van der Waals surface area contributed by atoms with Crippen LogP contribution in [0.4, 0.5) is 14.9 Å². The number of hydrogen-bond acceptors (Lipinski definition) is 6. The van der Waals surface area contributed by atoms with Gasteiger partial charge in [-0.3, -0.25) is 14.9 Å². The zero-order valence-corrected chi connectivity index (χ0v) is 17.6. The fraction of sp³-hybridized carbons (Fsp3) is 0.571. The molecule has 1 aromatic rings. The van der Waals surface area contributed by atoms with E-state index in [9.17, 15) is 23.9 Å². The van der Waals surface area contributed by atoms with Crippen LogP contribution in [-0.2, 0) is 19.1 Å². The van der Waals surface area contributed by atoms with Crippen molar-refractivity contribution in [1.29, 1.82) is 0 Å². The molecule has 9 heteroatoms. The smallest absolute Gasteiger partial charge is 0.412 e. The van der Waals surface area contributed by atoms with E-state index in [-0.39, 0.29) is 6.61 Å². The Morgan fingerprint density at radius 3 is 2.40 bits per heavy atom. The molecule has 0 saturated carbocycles. The van der Waals surface area contributed by atoms with Crippen LogP contribution in [0, 0.1) is 5.92 Å². The molecule has 30 heavy (non-hydrogen) atoms. The van der Waals surface area contributed by atoms with Crippen LogP contribution in [0.2, 0.25) is 0 Å². The van der Waals surface area contributed by atoms with E-state index in [4.69, 9.17) is 9.47 Å². The molecule has 0 aliphatic rings. The van der Waals surface area contributed by atoms with Gasteiger partial charge in [0, 0.05) is 5.69 Å². The molecule has 0 bridgehead atoms. The quantitative estimate of drug-likeness (QED) is 0.350. The third-order valence-corrected chi connectivity index (χ3v) is 4.22. The number of esters is 1. The molecule has 0 aliphatic heterocycles. The number of aliphatic hydroxyl groups is 1. The van der Waals surface area contributed by atoms with Gasteiger partial charge in [-0.05, 0) is 24.5 Å². The molecule has 0 spiro atoms. The van der Waals surface area contributed by atoms with Crippen molar-refractivity contribution in [2.45, 2.75) is 58.3 Å². The Bertz CT molecular complexity index is 671. The van der Waals surface area contributed by atoms with E-state index in [0.29, 0.717) is 12.1 Å². The second-order valence-electron chi connectivity index (χ2n) is 7.18. The number of aliphatic hydroxyl groups excluding tert-OH is 1. The number of anilines is 1. The Balaban J connectivity index is 2.73. The molecule has 3 unspecified atom stereocenters. The number of halogens is 1. The average Bonchev–Trinajstić information content (AvgIpc) is 2.71. The van der Waals surface area contributed by atoms with Crippen molar-refractivity contribution in [2.24, 2.45) is 5.92 Å². The van der Waals surface area contributed by atoms with Crippen LogP contribution < -0.4 is 10.6 Å². The van der Waals surface area contributed by atoms with Gasteiger partial charge in [-0.2, -0.15) is 0 Å². The molecule has 8 nitrogen and oxygen atoms in total. The molecule has 0 aromatic heterocycles. The van der Waals surface area contributed by atoms with Gasteiger partial charge in [-0.1, -0.05) is 45.4 Å². The molecule has 0 fully saturated rings. The van der Waals surface area contributed by atoms with Gasteiger partial charge in [0.2, 0.25) is 0 Å². The monoisotopic (exact) mass is 426 g/mol. The number of ether oxygens (including phenoxy) is 2. The normalized spacial score (nSPS) is 13.8. The lowest BCUT2D eigenvalue weighted by atomic mass is 10.0. The lowest BCUT2D eigenvalue weighted by Gasteiger charge is -2.26. The second-order valence-corrected chi connectivity index (χ2v) is 7.18. The Labute approximate surface area is 176 Å². The molecule has 3 atom stereocenters. The van der Waals surface area contributed by atoms with Gasteiger partial charge >= 0.3 is 12.1 Å². The predicted molar refractivity (Wildman–Crippen MR) is 110 cm³/mol. The first kappa shape index (κ1) is 25.4. The summed E-state index contributed by atoms with van der Waals surface area (Å²) in [6.07, 6.45) is -2.54. The maximum absolute atomic E-state index is 13.0. The Morgan fingerprint density at radius 2 is 1.83 bits per heavy atom. The summed E-state index contributed by atoms with van der Waals surface area (Å²) in [5, 5.41) is 14.8. The van der Waals surface area contributed by atoms with E-state index < -0.39 is 55.2 Å². The van der Waals surface area contributed by atoms with Gasteiger partial charge in [0.25, 0.3) is 5.91 Å². The van der Waals surface area contributed by atoms with Crippen molar-refractivity contribution in [1.82, 2.24) is 5.32 Å². The molecule has 168 valence electrons. The zero-order chi connectivity index (χ0) is 22.5. The van der Waals surface area contributed by atoms with E-state index in [1.807, 2.05) is 6.92 Å². The second kappa shape index (κ2) is 13.5. The summed E-state index contributed by atoms with van der Waals surface area (Å²) >= 11 is 0. The summed E-state index contributed by atoms with van der Waals surface area (Å²) in [5.41, 5.74) is 0.492. The summed E-state index contributed by atoms with van der Waals surface area (Å²) in [4.78, 5) is 36.7. The van der Waals surface area contributed by atoms with Crippen LogP contribution in [0.15, 0.2) is 30.3 Å². The number of rotatable bonds is 12. The Hall–Kier alpha value is -2.68. The molecule has 1 aromatic carbocycles. The molecule has 0 saturated heterocycles. The number of carbonyl (C=O) groups excluding carboxylic acids is 3. The number of alkyl halides is 1. The number of carbonyl (C=O) groups is 3. The lowest BCUT2D eigenvalue weighted by molar-refractivity contribution is -0.145. The lowest BCUT2D eigenvalue weighted by Crippen LogP contribution is -2.51. The van der Waals surface area contributed by atoms with Crippen molar-refractivity contribution in [3.05, 3.63) is 30.3 Å². The first-order valence-corrected chi connectivity index (χ1v) is 10.0. The van der Waals surface area contributed by atoms with Crippen LogP contribution in [-0.4, -0.2) is 54.6 Å². The number of benzene rings is 1. The minimum Gasteiger partial charge on any atom is -0.466 e. The van der Waals surface area contributed by atoms with Crippen molar-refractivity contribution >= 4 is 23.7 Å². The molecule has 0 heterocycles. The number of hydrogen-bond donors (Lipinski definition) is 3.